The number of pyridine rings is 1. The molecule has 1 aromatic carbocycles. The van der Waals surface area contributed by atoms with E-state index in [1.54, 1.807) is 41.1 Å². The lowest BCUT2D eigenvalue weighted by molar-refractivity contribution is 0.0944. The summed E-state index contributed by atoms with van der Waals surface area (Å²) in [7, 11) is 0. The van der Waals surface area contributed by atoms with Gasteiger partial charge in [0.25, 0.3) is 5.91 Å². The Hall–Kier alpha value is -3.36. The monoisotopic (exact) mass is 471 g/mol. The van der Waals surface area contributed by atoms with Crippen LogP contribution in [-0.2, 0) is 6.54 Å². The van der Waals surface area contributed by atoms with Gasteiger partial charge < -0.3 is 10.1 Å². The van der Waals surface area contributed by atoms with Crippen molar-refractivity contribution in [1.29, 1.82) is 0 Å². The van der Waals surface area contributed by atoms with Gasteiger partial charge in [0.15, 0.2) is 11.6 Å². The third-order valence-electron chi connectivity index (χ3n) is 4.52. The molecule has 0 aliphatic heterocycles. The Bertz CT molecular complexity index is 1230. The zero-order valence-electron chi connectivity index (χ0n) is 17.3. The van der Waals surface area contributed by atoms with Crippen molar-refractivity contribution in [1.82, 2.24) is 25.0 Å². The van der Waals surface area contributed by atoms with Crippen LogP contribution in [-0.4, -0.2) is 25.6 Å². The number of benzene rings is 1. The molecule has 0 atom stereocenters. The number of rotatable bonds is 7. The van der Waals surface area contributed by atoms with Crippen molar-refractivity contribution in [2.75, 3.05) is 0 Å². The van der Waals surface area contributed by atoms with E-state index >= 15 is 0 Å². The van der Waals surface area contributed by atoms with Crippen molar-refractivity contribution in [3.8, 4) is 17.6 Å². The van der Waals surface area contributed by atoms with Gasteiger partial charge in [0.2, 0.25) is 0 Å². The standard InChI is InChI=1S/C22H19Cl2N5O3/c1-13(2)19-27-22(32-28-19)31-16-7-5-14(6-8-16)11-26-21(30)18-4-3-9-29(18)20-17(24)10-15(23)12-25-20/h3-10,12-13H,11H2,1-2H3,(H,26,30). The first-order chi connectivity index (χ1) is 15.4. The van der Waals surface area contributed by atoms with Gasteiger partial charge in [-0.25, -0.2) is 4.98 Å². The second-order valence-electron chi connectivity index (χ2n) is 7.22. The van der Waals surface area contributed by atoms with Crippen molar-refractivity contribution < 1.29 is 14.1 Å². The molecule has 0 unspecified atom stereocenters. The van der Waals surface area contributed by atoms with Crippen LogP contribution in [0.1, 0.15) is 41.6 Å². The fourth-order valence-electron chi connectivity index (χ4n) is 2.88. The number of amides is 1. The Morgan fingerprint density at radius 3 is 2.69 bits per heavy atom. The van der Waals surface area contributed by atoms with Gasteiger partial charge in [-0.3, -0.25) is 13.9 Å². The molecule has 1 N–H and O–H groups in total. The molecule has 0 aliphatic carbocycles. The zero-order valence-corrected chi connectivity index (χ0v) is 18.8. The molecule has 0 saturated heterocycles. The van der Waals surface area contributed by atoms with Crippen molar-refractivity contribution in [3.05, 3.63) is 82.0 Å². The van der Waals surface area contributed by atoms with E-state index in [1.165, 1.54) is 6.20 Å². The molecule has 4 aromatic rings. The maximum atomic E-state index is 12.7. The van der Waals surface area contributed by atoms with Gasteiger partial charge in [-0.05, 0) is 35.9 Å². The van der Waals surface area contributed by atoms with Gasteiger partial charge in [0, 0.05) is 24.9 Å². The van der Waals surface area contributed by atoms with Crippen LogP contribution in [0.25, 0.3) is 5.82 Å². The summed E-state index contributed by atoms with van der Waals surface area (Å²) in [6.45, 7) is 4.26. The number of nitrogens with one attached hydrogen (secondary N) is 1. The molecule has 8 nitrogen and oxygen atoms in total. The quantitative estimate of drug-likeness (QED) is 0.387. The Balaban J connectivity index is 1.39. The van der Waals surface area contributed by atoms with Gasteiger partial charge in [-0.2, -0.15) is 4.98 Å². The third kappa shape index (κ3) is 4.92. The molecule has 4 rings (SSSR count). The van der Waals surface area contributed by atoms with Crippen molar-refractivity contribution >= 4 is 29.1 Å². The first-order valence-corrected chi connectivity index (χ1v) is 10.5. The number of nitrogens with zero attached hydrogens (tertiary/aromatic N) is 4. The predicted octanol–water partition coefficient (Wildman–Crippen LogP) is 5.41. The molecular weight excluding hydrogens is 453 g/mol. The molecule has 0 spiro atoms. The van der Waals surface area contributed by atoms with E-state index in [2.05, 4.69) is 20.4 Å². The number of hydrogen-bond acceptors (Lipinski definition) is 6. The molecule has 3 aromatic heterocycles. The second kappa shape index (κ2) is 9.42. The summed E-state index contributed by atoms with van der Waals surface area (Å²) >= 11 is 12.1. The molecule has 1 amide bonds. The predicted molar refractivity (Wildman–Crippen MR) is 120 cm³/mol. The van der Waals surface area contributed by atoms with Crippen LogP contribution in [0.4, 0.5) is 0 Å². The fourth-order valence-corrected chi connectivity index (χ4v) is 3.35. The second-order valence-corrected chi connectivity index (χ2v) is 8.07. The van der Waals surface area contributed by atoms with Gasteiger partial charge in [0.05, 0.1) is 10.0 Å². The Kier molecular flexibility index (Phi) is 6.43. The lowest BCUT2D eigenvalue weighted by Crippen LogP contribution is -2.25. The van der Waals surface area contributed by atoms with Crippen LogP contribution in [0, 0.1) is 0 Å². The molecule has 32 heavy (non-hydrogen) atoms. The lowest BCUT2D eigenvalue weighted by Gasteiger charge is -2.11. The van der Waals surface area contributed by atoms with Crippen molar-refractivity contribution in [2.45, 2.75) is 26.3 Å². The highest BCUT2D eigenvalue weighted by Gasteiger charge is 2.15. The molecule has 0 aliphatic rings. The first-order valence-electron chi connectivity index (χ1n) is 9.78. The molecule has 164 valence electrons. The zero-order chi connectivity index (χ0) is 22.7. The van der Waals surface area contributed by atoms with E-state index in [1.807, 2.05) is 26.0 Å². The van der Waals surface area contributed by atoms with Crippen LogP contribution < -0.4 is 10.1 Å². The topological polar surface area (TPSA) is 95.1 Å². The molecular formula is C22H19Cl2N5O3. The van der Waals surface area contributed by atoms with Crippen LogP contribution in [0.3, 0.4) is 0 Å². The van der Waals surface area contributed by atoms with Gasteiger partial charge in [0.1, 0.15) is 11.4 Å². The normalized spacial score (nSPS) is 11.0. The van der Waals surface area contributed by atoms with Crippen LogP contribution in [0.2, 0.25) is 10.0 Å². The van der Waals surface area contributed by atoms with E-state index in [0.29, 0.717) is 39.7 Å². The minimum absolute atomic E-state index is 0.0879. The van der Waals surface area contributed by atoms with Crippen LogP contribution >= 0.6 is 23.2 Å². The summed E-state index contributed by atoms with van der Waals surface area (Å²) in [5, 5.41) is 7.52. The summed E-state index contributed by atoms with van der Waals surface area (Å²) in [6, 6.07) is 12.2. The van der Waals surface area contributed by atoms with Gasteiger partial charge in [-0.15, -0.1) is 0 Å². The highest BCUT2D eigenvalue weighted by Crippen LogP contribution is 2.24. The Morgan fingerprint density at radius 1 is 1.22 bits per heavy atom. The maximum absolute atomic E-state index is 12.7. The summed E-state index contributed by atoms with van der Waals surface area (Å²) in [5.74, 6) is 1.44. The number of carbonyl (C=O) groups is 1. The van der Waals surface area contributed by atoms with Crippen LogP contribution in [0.15, 0.2) is 59.4 Å². The minimum Gasteiger partial charge on any atom is -0.410 e. The highest BCUT2D eigenvalue weighted by molar-refractivity contribution is 6.35. The molecule has 3 heterocycles. The molecule has 0 fully saturated rings. The summed E-state index contributed by atoms with van der Waals surface area (Å²) in [4.78, 5) is 21.1. The average Bonchev–Trinajstić information content (AvgIpc) is 3.43. The third-order valence-corrected chi connectivity index (χ3v) is 5.00. The van der Waals surface area contributed by atoms with Crippen molar-refractivity contribution in [2.24, 2.45) is 0 Å². The number of carbonyl (C=O) groups excluding carboxylic acids is 1. The summed E-state index contributed by atoms with van der Waals surface area (Å²) in [6.07, 6.45) is 3.28. The van der Waals surface area contributed by atoms with E-state index in [4.69, 9.17) is 32.5 Å². The molecule has 0 bridgehead atoms. The van der Waals surface area contributed by atoms with E-state index in [-0.39, 0.29) is 17.9 Å². The van der Waals surface area contributed by atoms with Crippen LogP contribution in [0.5, 0.6) is 11.8 Å². The van der Waals surface area contributed by atoms with E-state index < -0.39 is 0 Å². The average molecular weight is 472 g/mol. The van der Waals surface area contributed by atoms with Gasteiger partial charge >= 0.3 is 6.08 Å². The smallest absolute Gasteiger partial charge is 0.410 e. The first kappa shape index (κ1) is 21.9. The summed E-state index contributed by atoms with van der Waals surface area (Å²) in [5.41, 5.74) is 1.29. The SMILES string of the molecule is CC(C)c1noc(Oc2ccc(CNC(=O)c3cccn3-c3ncc(Cl)cc3Cl)cc2)n1. The maximum Gasteiger partial charge on any atom is 0.422 e. The number of ether oxygens (including phenoxy) is 1. The van der Waals surface area contributed by atoms with E-state index in [9.17, 15) is 4.79 Å². The largest absolute Gasteiger partial charge is 0.422 e. The fraction of sp³-hybridized carbons (Fsp3) is 0.182. The lowest BCUT2D eigenvalue weighted by atomic mass is 10.2. The highest BCUT2D eigenvalue weighted by atomic mass is 35.5. The van der Waals surface area contributed by atoms with E-state index in [0.717, 1.165) is 5.56 Å². The van der Waals surface area contributed by atoms with Crippen molar-refractivity contribution in [3.63, 3.8) is 0 Å². The molecule has 0 saturated carbocycles. The summed E-state index contributed by atoms with van der Waals surface area (Å²) < 4.78 is 12.3. The number of halogens is 2. The minimum atomic E-state index is -0.268. The molecule has 10 heteroatoms. The number of aromatic nitrogens is 4. The Labute approximate surface area is 194 Å². The van der Waals surface area contributed by atoms with Gasteiger partial charge in [-0.1, -0.05) is 54.3 Å². The molecule has 0 radical (unpaired) electrons. The number of hydrogen-bond donors (Lipinski definition) is 1. The Morgan fingerprint density at radius 2 is 2.00 bits per heavy atom.